The molecule has 214 valence electrons. The number of alkyl halides is 2. The van der Waals surface area contributed by atoms with E-state index in [2.05, 4.69) is 103 Å². The van der Waals surface area contributed by atoms with Crippen molar-refractivity contribution in [2.45, 2.75) is 13.8 Å². The van der Waals surface area contributed by atoms with Crippen LogP contribution in [0.1, 0.15) is 13.8 Å². The highest BCUT2D eigenvalue weighted by Crippen LogP contribution is 2.28. The zero-order chi connectivity index (χ0) is 29.9. The molecule has 41 heavy (non-hydrogen) atoms. The van der Waals surface area contributed by atoms with Gasteiger partial charge >= 0.3 is 42.4 Å². The molecule has 0 fully saturated rings. The van der Waals surface area contributed by atoms with Crippen LogP contribution in [0.3, 0.4) is 0 Å². The Morgan fingerprint density at radius 2 is 0.927 bits per heavy atom. The molecular weight excluding hydrogens is 768 g/mol. The predicted octanol–water partition coefficient (Wildman–Crippen LogP) is -0.297. The van der Waals surface area contributed by atoms with Gasteiger partial charge in [-0.05, 0) is 48.9 Å². The van der Waals surface area contributed by atoms with Crippen LogP contribution in [0.15, 0.2) is 84.9 Å². The molecule has 11 heteroatoms. The molecule has 0 unspecified atom stereocenters. The molecule has 0 saturated heterocycles. The van der Waals surface area contributed by atoms with E-state index in [0.29, 0.717) is 0 Å². The number of fused-ring (bicyclic) bond motifs is 2. The van der Waals surface area contributed by atoms with Crippen LogP contribution in [0.2, 0.25) is 0 Å². The van der Waals surface area contributed by atoms with Crippen LogP contribution in [-0.4, -0.2) is 16.2 Å². The molecule has 0 spiro atoms. The minimum absolute atomic E-state index is 0.228. The van der Waals surface area contributed by atoms with Crippen molar-refractivity contribution in [1.29, 1.82) is 0 Å². The molecule has 0 amide bonds. The van der Waals surface area contributed by atoms with Gasteiger partial charge in [0.25, 0.3) is 0 Å². The highest BCUT2D eigenvalue weighted by Gasteiger charge is 2.26. The molecule has 3 nitrogen and oxygen atoms in total. The quantitative estimate of drug-likeness (QED) is 0.0594. The molecule has 0 aliphatic heterocycles. The van der Waals surface area contributed by atoms with Crippen LogP contribution in [0.5, 0.6) is 5.75 Å². The normalized spacial score (nSPS) is 10.5. The first kappa shape index (κ1) is 33.0. The number of hydrogen-bond acceptors (Lipinski definition) is 3. The number of halogens is 7. The molecule has 0 bridgehead atoms. The van der Waals surface area contributed by atoms with Crippen molar-refractivity contribution in [2.24, 2.45) is 0 Å². The van der Waals surface area contributed by atoms with Gasteiger partial charge in [-0.15, -0.1) is 0 Å². The van der Waals surface area contributed by atoms with Crippen molar-refractivity contribution in [3.8, 4) is 5.75 Å². The summed E-state index contributed by atoms with van der Waals surface area (Å²) < 4.78 is 71.7. The summed E-state index contributed by atoms with van der Waals surface area (Å²) in [5.74, 6) is -13.6. The molecule has 0 aromatic heterocycles. The Bertz CT molecular complexity index is 1480. The number of rotatable bonds is 6. The first-order valence-electron chi connectivity index (χ1n) is 12.3. The van der Waals surface area contributed by atoms with E-state index in [1.807, 2.05) is 0 Å². The van der Waals surface area contributed by atoms with Gasteiger partial charge in [-0.3, -0.25) is 0 Å². The third-order valence-corrected chi connectivity index (χ3v) is 10.5. The molecule has 0 radical (unpaired) electrons. The van der Waals surface area contributed by atoms with Crippen LogP contribution in [0.25, 0.3) is 21.5 Å². The van der Waals surface area contributed by atoms with Gasteiger partial charge in [0.1, 0.15) is 16.2 Å². The van der Waals surface area contributed by atoms with E-state index in [1.165, 1.54) is 30.4 Å². The molecule has 0 heterocycles. The first-order chi connectivity index (χ1) is 19.7. The lowest BCUT2D eigenvalue weighted by Crippen LogP contribution is -3.62. The highest BCUT2D eigenvalue weighted by molar-refractivity contribution is 6.29. The van der Waals surface area contributed by atoms with E-state index in [-0.39, 0.29) is 42.4 Å². The lowest BCUT2D eigenvalue weighted by atomic mass is 10.1. The summed E-state index contributed by atoms with van der Waals surface area (Å²) in [5.41, 5.74) is 0. The van der Waals surface area contributed by atoms with Crippen LogP contribution in [0, 0.1) is 36.2 Å². The second kappa shape index (κ2) is 16.2. The van der Waals surface area contributed by atoms with E-state index >= 15 is 0 Å². The minimum atomic E-state index is -3.20. The third-order valence-electron chi connectivity index (χ3n) is 5.41. The molecule has 5 aromatic carbocycles. The Hall–Kier alpha value is -2.49. The Balaban J connectivity index is 0.000000170. The first-order valence-corrected chi connectivity index (χ1v) is 17.5. The van der Waals surface area contributed by atoms with Crippen molar-refractivity contribution < 1.29 is 79.1 Å². The number of benzene rings is 5. The fraction of sp³-hybridized carbons (Fsp3) is 0.133. The van der Waals surface area contributed by atoms with Gasteiger partial charge in [-0.2, -0.15) is 8.78 Å². The minimum Gasteiger partial charge on any atom is -0.860 e. The smallest absolute Gasteiger partial charge is 0.313 e. The van der Waals surface area contributed by atoms with Crippen LogP contribution in [0.4, 0.5) is 22.0 Å². The summed E-state index contributed by atoms with van der Waals surface area (Å²) in [6, 6.07) is 30.6. The monoisotopic (exact) mass is 792 g/mol. The Morgan fingerprint density at radius 1 is 0.561 bits per heavy atom. The highest BCUT2D eigenvalue weighted by atomic mass is 127. The van der Waals surface area contributed by atoms with Crippen molar-refractivity contribution >= 4 is 28.9 Å². The van der Waals surface area contributed by atoms with Crippen molar-refractivity contribution in [1.82, 2.24) is 0 Å². The largest absolute Gasteiger partial charge is 0.860 e. The standard InChI is InChI=1S/2C12H12I.C6BF5O3/c2*1-2-13-12-9-5-7-10-6-3-4-8-11(10)12;8-1-2(9)4(11)6(15-7(13)14)5(12)3(1)10/h2*3-9H,2H2,1H3;/q2*+1;-2. The summed E-state index contributed by atoms with van der Waals surface area (Å²) >= 11 is 0.455. The van der Waals surface area contributed by atoms with Gasteiger partial charge in [0.05, 0.1) is 0 Å². The summed E-state index contributed by atoms with van der Waals surface area (Å²) in [5, 5.41) is 25.4. The van der Waals surface area contributed by atoms with Crippen LogP contribution in [-0.2, 0) is 0 Å². The summed E-state index contributed by atoms with van der Waals surface area (Å²) in [7, 11) is -3.20. The molecule has 0 saturated carbocycles. The zero-order valence-electron chi connectivity index (χ0n) is 21.9. The number of hydrogen-bond donors (Lipinski definition) is 0. The fourth-order valence-electron chi connectivity index (χ4n) is 3.68. The summed E-state index contributed by atoms with van der Waals surface area (Å²) in [4.78, 5) is 0. The average molecular weight is 792 g/mol. The summed E-state index contributed by atoms with van der Waals surface area (Å²) in [6.45, 7) is 4.55. The topological polar surface area (TPSA) is 55.3 Å². The second-order valence-corrected chi connectivity index (χ2v) is 14.9. The van der Waals surface area contributed by atoms with Crippen LogP contribution < -0.4 is 57.1 Å². The molecule has 5 aromatic rings. The third kappa shape index (κ3) is 8.76. The van der Waals surface area contributed by atoms with E-state index in [9.17, 15) is 32.0 Å². The molecule has 5 rings (SSSR count). The van der Waals surface area contributed by atoms with Crippen LogP contribution >= 0.6 is 0 Å². The maximum absolute atomic E-state index is 12.6. The van der Waals surface area contributed by atoms with Crippen molar-refractivity contribution in [3.05, 3.63) is 121 Å². The van der Waals surface area contributed by atoms with E-state index in [1.54, 1.807) is 7.14 Å². The van der Waals surface area contributed by atoms with Gasteiger partial charge in [0, 0.05) is 10.8 Å². The Labute approximate surface area is 256 Å². The maximum Gasteiger partial charge on any atom is 0.313 e. The van der Waals surface area contributed by atoms with Gasteiger partial charge in [0.2, 0.25) is 29.1 Å². The van der Waals surface area contributed by atoms with E-state index in [0.717, 1.165) is 0 Å². The molecule has 0 N–H and O–H groups in total. The molecular formula is C30H24BF5I2O3. The van der Waals surface area contributed by atoms with Gasteiger partial charge in [0.15, 0.2) is 12.9 Å². The molecule has 0 atom stereocenters. The zero-order valence-corrected chi connectivity index (χ0v) is 26.3. The summed E-state index contributed by atoms with van der Waals surface area (Å²) in [6.07, 6.45) is 0. The Kier molecular flexibility index (Phi) is 13.1. The van der Waals surface area contributed by atoms with E-state index in [4.69, 9.17) is 0 Å². The van der Waals surface area contributed by atoms with Crippen molar-refractivity contribution in [3.63, 3.8) is 0 Å². The van der Waals surface area contributed by atoms with E-state index < -0.39 is 42.2 Å². The van der Waals surface area contributed by atoms with Crippen molar-refractivity contribution in [2.75, 3.05) is 8.86 Å². The van der Waals surface area contributed by atoms with Gasteiger partial charge < -0.3 is 14.7 Å². The lowest BCUT2D eigenvalue weighted by Gasteiger charge is -2.27. The van der Waals surface area contributed by atoms with Gasteiger partial charge in [-0.25, -0.2) is 13.2 Å². The average Bonchev–Trinajstić information content (AvgIpc) is 2.99. The predicted molar refractivity (Wildman–Crippen MR) is 139 cm³/mol. The van der Waals surface area contributed by atoms with Gasteiger partial charge in [-0.1, -0.05) is 60.7 Å². The fourth-order valence-corrected chi connectivity index (χ4v) is 8.05. The molecule has 0 aliphatic carbocycles. The second-order valence-electron chi connectivity index (χ2n) is 8.03. The SMILES string of the molecule is CC[I+]c1cccc2ccccc12.CC[I+]c1cccc2ccccc12.[O-]B([O-])Oc1c(F)c(F)c(F)c(F)c1F. The lowest BCUT2D eigenvalue weighted by molar-refractivity contribution is -0.621. The Morgan fingerprint density at radius 3 is 1.32 bits per heavy atom. The molecule has 0 aliphatic rings. The maximum atomic E-state index is 12.6.